The van der Waals surface area contributed by atoms with E-state index in [-0.39, 0.29) is 0 Å². The average molecular weight is 1570 g/mol. The zero-order chi connectivity index (χ0) is 80.7. The van der Waals surface area contributed by atoms with Crippen LogP contribution in [0.15, 0.2) is 452 Å². The van der Waals surface area contributed by atoms with Crippen molar-refractivity contribution in [2.75, 3.05) is 9.80 Å². The molecule has 0 aliphatic rings. The lowest BCUT2D eigenvalue weighted by Crippen LogP contribution is -2.09. The smallest absolute Gasteiger partial charge is 0.137 e. The van der Waals surface area contributed by atoms with Crippen LogP contribution < -0.4 is 9.80 Å². The van der Waals surface area contributed by atoms with E-state index in [0.717, 1.165) is 117 Å². The highest BCUT2D eigenvalue weighted by Crippen LogP contribution is 2.50. The van der Waals surface area contributed by atoms with Gasteiger partial charge in [0, 0.05) is 117 Å². The Labute approximate surface area is 707 Å². The quantitative estimate of drug-likeness (QED) is 0.121. The Balaban J connectivity index is 0.000000151. The second-order valence-corrected chi connectivity index (χ2v) is 32.1. The van der Waals surface area contributed by atoms with Gasteiger partial charge in [-0.3, -0.25) is 0 Å². The summed E-state index contributed by atoms with van der Waals surface area (Å²) in [5.74, 6) is 0. The summed E-state index contributed by atoms with van der Waals surface area (Å²) >= 11 is 0. The third-order valence-electron chi connectivity index (χ3n) is 25.4. The first kappa shape index (κ1) is 69.6. The minimum Gasteiger partial charge on any atom is -0.456 e. The first-order valence-electron chi connectivity index (χ1n) is 42.1. The van der Waals surface area contributed by atoms with Crippen molar-refractivity contribution in [1.29, 1.82) is 0 Å². The van der Waals surface area contributed by atoms with Gasteiger partial charge in [-0.25, -0.2) is 0 Å². The van der Waals surface area contributed by atoms with E-state index in [1.165, 1.54) is 120 Å². The lowest BCUT2D eigenvalue weighted by molar-refractivity contribution is 0.668. The van der Waals surface area contributed by atoms with Crippen molar-refractivity contribution in [3.8, 4) is 39.3 Å². The van der Waals surface area contributed by atoms with Gasteiger partial charge in [-0.2, -0.15) is 0 Å². The van der Waals surface area contributed by atoms with Crippen LogP contribution in [0.1, 0.15) is 0 Å². The summed E-state index contributed by atoms with van der Waals surface area (Å²) in [6, 6.07) is 160. The van der Waals surface area contributed by atoms with Gasteiger partial charge in [-0.15, -0.1) is 0 Å². The van der Waals surface area contributed by atoms with Crippen LogP contribution in [0.25, 0.3) is 202 Å². The van der Waals surface area contributed by atoms with Crippen molar-refractivity contribution in [2.24, 2.45) is 0 Å². The van der Waals surface area contributed by atoms with E-state index in [9.17, 15) is 0 Å². The fourth-order valence-electron chi connectivity index (χ4n) is 20.1. The fraction of sp³-hybridized carbons (Fsp3) is 0. The summed E-state index contributed by atoms with van der Waals surface area (Å²) in [7, 11) is 0. The van der Waals surface area contributed by atoms with Crippen molar-refractivity contribution in [3.63, 3.8) is 0 Å². The fourth-order valence-corrected chi connectivity index (χ4v) is 20.1. The molecule has 0 saturated heterocycles. The maximum Gasteiger partial charge on any atom is 0.137 e. The van der Waals surface area contributed by atoms with Crippen LogP contribution in [0.4, 0.5) is 34.1 Å². The number of nitrogens with zero attached hydrogens (tertiary/aromatic N) is 5. The maximum atomic E-state index is 6.82. The molecule has 0 N–H and O–H groups in total. The van der Waals surface area contributed by atoms with E-state index in [2.05, 4.69) is 466 Å². The first-order chi connectivity index (χ1) is 61.0. The Hall–Kier alpha value is -16.5. The maximum absolute atomic E-state index is 6.82. The molecule has 0 radical (unpaired) electrons. The highest BCUT2D eigenvalue weighted by Gasteiger charge is 2.26. The predicted molar refractivity (Wildman–Crippen MR) is 518 cm³/mol. The third-order valence-corrected chi connectivity index (χ3v) is 25.4. The molecule has 5 aromatic heterocycles. The second kappa shape index (κ2) is 28.1. The molecule has 26 rings (SSSR count). The first-order valence-corrected chi connectivity index (χ1v) is 42.1. The number of rotatable bonds is 11. The number of anilines is 6. The molecule has 0 atom stereocenters. The summed E-state index contributed by atoms with van der Waals surface area (Å²) in [4.78, 5) is 4.66. The Bertz CT molecular complexity index is 8280. The van der Waals surface area contributed by atoms with Crippen LogP contribution in [-0.2, 0) is 0 Å². The lowest BCUT2D eigenvalue weighted by Gasteiger charge is -2.25. The number of para-hydroxylation sites is 6. The molecule has 123 heavy (non-hydrogen) atoms. The van der Waals surface area contributed by atoms with Crippen LogP contribution >= 0.6 is 0 Å². The number of fused-ring (bicyclic) bond motifs is 24. The van der Waals surface area contributed by atoms with Crippen molar-refractivity contribution >= 4 is 197 Å². The molecule has 0 unspecified atom stereocenters. The van der Waals surface area contributed by atoms with Crippen molar-refractivity contribution < 1.29 is 8.83 Å². The highest BCUT2D eigenvalue weighted by molar-refractivity contribution is 6.30. The van der Waals surface area contributed by atoms with E-state index in [1.807, 2.05) is 0 Å². The summed E-state index contributed by atoms with van der Waals surface area (Å²) in [5.41, 5.74) is 25.2. The van der Waals surface area contributed by atoms with Gasteiger partial charge < -0.3 is 32.3 Å². The van der Waals surface area contributed by atoms with Crippen LogP contribution in [-0.4, -0.2) is 13.7 Å². The molecule has 0 amide bonds. The number of hydrogen-bond acceptors (Lipinski definition) is 4. The van der Waals surface area contributed by atoms with E-state index >= 15 is 0 Å². The molecule has 574 valence electrons. The Morgan fingerprint density at radius 1 is 0.163 bits per heavy atom. The van der Waals surface area contributed by atoms with Crippen molar-refractivity contribution in [2.45, 2.75) is 0 Å². The number of hydrogen-bond donors (Lipinski definition) is 0. The summed E-state index contributed by atoms with van der Waals surface area (Å²) < 4.78 is 20.8. The molecule has 21 aromatic carbocycles. The molecule has 0 fully saturated rings. The summed E-state index contributed by atoms with van der Waals surface area (Å²) in [6.45, 7) is 0. The minimum atomic E-state index is 0.827. The lowest BCUT2D eigenvalue weighted by atomic mass is 9.86. The molecule has 5 heterocycles. The highest BCUT2D eigenvalue weighted by atomic mass is 16.3. The standard InChI is InChI=1S/C70H44N4O2.C46H29N/c1-5-17-45(18-6-1)71(49-31-37-63-59(41-49)53-25-13-15-27-61(53)73(63)47-21-9-3-10-22-47)51-29-33-57-67(43-51)75-65-39-35-56-55(69(57)65)36-40-66-70(56)58-34-30-52(44-68(58)76-66)72(46-19-7-2-8-20-46)50-32-38-64-60(42-50)54-26-14-16-28-62(54)74(64)48-23-11-4-12-24-48;1-2-14-32(15-3-1)43-37-18-8-10-20-39(37)44(40-21-11-9-19-38(40)43)33-22-26-34(27-23-33)47-41-28-24-30-12-4-6-16-35(30)45(41)46-36-17-7-5-13-31(36)25-29-42(46)47/h1-44H;1-29H. The van der Waals surface area contributed by atoms with Crippen molar-refractivity contribution in [3.05, 3.63) is 443 Å². The zero-order valence-corrected chi connectivity index (χ0v) is 66.7. The number of aromatic nitrogens is 3. The average Bonchev–Trinajstić information content (AvgIpc) is 0.889. The van der Waals surface area contributed by atoms with Gasteiger partial charge in [-0.05, 0) is 246 Å². The van der Waals surface area contributed by atoms with Gasteiger partial charge in [-0.1, -0.05) is 261 Å². The third kappa shape index (κ3) is 11.1. The van der Waals surface area contributed by atoms with E-state index in [1.54, 1.807) is 0 Å². The molecule has 0 saturated carbocycles. The normalized spacial score (nSPS) is 11.9. The topological polar surface area (TPSA) is 47.6 Å². The molecule has 7 heteroatoms. The van der Waals surface area contributed by atoms with Gasteiger partial charge in [0.15, 0.2) is 0 Å². The number of benzene rings is 21. The zero-order valence-electron chi connectivity index (χ0n) is 66.7. The van der Waals surface area contributed by atoms with E-state index < -0.39 is 0 Å². The van der Waals surface area contributed by atoms with Crippen LogP contribution in [0, 0.1) is 0 Å². The van der Waals surface area contributed by atoms with Gasteiger partial charge in [0.1, 0.15) is 22.3 Å². The Kier molecular flexibility index (Phi) is 15.9. The van der Waals surface area contributed by atoms with Crippen molar-refractivity contribution in [1.82, 2.24) is 13.7 Å². The van der Waals surface area contributed by atoms with Gasteiger partial charge in [0.2, 0.25) is 0 Å². The second-order valence-electron chi connectivity index (χ2n) is 32.1. The van der Waals surface area contributed by atoms with E-state index in [0.29, 0.717) is 0 Å². The Morgan fingerprint density at radius 2 is 0.472 bits per heavy atom. The van der Waals surface area contributed by atoms with E-state index in [4.69, 9.17) is 8.83 Å². The predicted octanol–water partition coefficient (Wildman–Crippen LogP) is 32.5. The summed E-state index contributed by atoms with van der Waals surface area (Å²) in [6.07, 6.45) is 0. The van der Waals surface area contributed by atoms with Gasteiger partial charge in [0.05, 0.1) is 33.1 Å². The Morgan fingerprint density at radius 3 is 0.902 bits per heavy atom. The van der Waals surface area contributed by atoms with Crippen LogP contribution in [0.5, 0.6) is 0 Å². The largest absolute Gasteiger partial charge is 0.456 e. The van der Waals surface area contributed by atoms with Crippen LogP contribution in [0.3, 0.4) is 0 Å². The molecular weight excluding hydrogens is 1500 g/mol. The molecule has 7 nitrogen and oxygen atoms in total. The summed E-state index contributed by atoms with van der Waals surface area (Å²) in [5, 5.41) is 24.2. The molecular formula is C116H73N5O2. The van der Waals surface area contributed by atoms with Gasteiger partial charge >= 0.3 is 0 Å². The monoisotopic (exact) mass is 1570 g/mol. The molecule has 0 aliphatic carbocycles. The number of furan rings is 2. The molecule has 0 spiro atoms. The molecule has 26 aromatic rings. The SMILES string of the molecule is c1ccc(-c2c3ccccc3c(-c3ccc(-n4c5ccc6ccccc6c5c5c6ccccc6ccc54)cc3)c3ccccc23)cc1.c1ccc(N(c2ccc3c(c2)oc2ccc4c(ccc5oc6cc(N(c7ccccc7)c7ccc8c(c7)c7ccccc7n8-c7ccccc7)ccc6c54)c23)c2ccc3c(c2)c2ccccc2n3-c2ccccc2)cc1. The van der Waals surface area contributed by atoms with Crippen LogP contribution in [0.2, 0.25) is 0 Å². The molecule has 0 aliphatic heterocycles. The molecule has 0 bridgehead atoms. The van der Waals surface area contributed by atoms with Gasteiger partial charge in [0.25, 0.3) is 0 Å². The minimum absolute atomic E-state index is 0.827.